The molecule has 1 aliphatic heterocycles. The molecule has 3 aromatic heterocycles. The van der Waals surface area contributed by atoms with Gasteiger partial charge in [0.1, 0.15) is 16.6 Å². The molecule has 152 valence electrons. The number of aromatic nitrogens is 3. The number of carbonyl (C=O) groups is 1. The van der Waals surface area contributed by atoms with Crippen molar-refractivity contribution in [3.8, 4) is 10.6 Å². The normalized spacial score (nSPS) is 14.9. The van der Waals surface area contributed by atoms with Gasteiger partial charge in [0.15, 0.2) is 0 Å². The van der Waals surface area contributed by atoms with Crippen LogP contribution in [0.1, 0.15) is 5.82 Å². The highest BCUT2D eigenvalue weighted by atomic mass is 32.2. The molecule has 1 amide bonds. The predicted molar refractivity (Wildman–Crippen MR) is 109 cm³/mol. The number of hydrogen-bond donors (Lipinski definition) is 1. The number of amides is 1. The fourth-order valence-corrected chi connectivity index (χ4v) is 5.81. The van der Waals surface area contributed by atoms with Crippen molar-refractivity contribution in [2.24, 2.45) is 0 Å². The highest BCUT2D eigenvalue weighted by molar-refractivity contribution is 7.94. The van der Waals surface area contributed by atoms with Crippen molar-refractivity contribution < 1.29 is 17.9 Å². The van der Waals surface area contributed by atoms with Crippen LogP contribution in [-0.4, -0.2) is 59.9 Å². The van der Waals surface area contributed by atoms with E-state index in [-0.39, 0.29) is 21.9 Å². The summed E-state index contributed by atoms with van der Waals surface area (Å²) in [5.41, 5.74) is 0.717. The van der Waals surface area contributed by atoms with E-state index in [1.807, 2.05) is 12.1 Å². The van der Waals surface area contributed by atoms with Gasteiger partial charge in [-0.3, -0.25) is 14.5 Å². The molecule has 3 aromatic rings. The van der Waals surface area contributed by atoms with Gasteiger partial charge in [-0.25, -0.2) is 13.4 Å². The molecule has 9 nitrogen and oxygen atoms in total. The smallest absolute Gasteiger partial charge is 0.273 e. The minimum absolute atomic E-state index is 0.0613. The lowest BCUT2D eigenvalue weighted by Crippen LogP contribution is -2.42. The number of rotatable bonds is 7. The Morgan fingerprint density at radius 1 is 1.24 bits per heavy atom. The number of anilines is 1. The first kappa shape index (κ1) is 19.9. The Morgan fingerprint density at radius 2 is 2.14 bits per heavy atom. The lowest BCUT2D eigenvalue weighted by molar-refractivity contribution is -0.142. The highest BCUT2D eigenvalue weighted by Crippen LogP contribution is 2.30. The molecule has 1 fully saturated rings. The van der Waals surface area contributed by atoms with Crippen molar-refractivity contribution in [1.82, 2.24) is 19.2 Å². The zero-order chi connectivity index (χ0) is 20.3. The first-order valence-electron chi connectivity index (χ1n) is 8.73. The first-order chi connectivity index (χ1) is 14.0. The van der Waals surface area contributed by atoms with Crippen molar-refractivity contribution in [3.05, 3.63) is 42.4 Å². The predicted octanol–water partition coefficient (Wildman–Crippen LogP) is 1.86. The van der Waals surface area contributed by atoms with Crippen LogP contribution in [-0.2, 0) is 26.0 Å². The van der Waals surface area contributed by atoms with E-state index in [9.17, 15) is 13.2 Å². The lowest BCUT2D eigenvalue weighted by Gasteiger charge is -2.26. The summed E-state index contributed by atoms with van der Waals surface area (Å²) >= 11 is 2.11. The van der Waals surface area contributed by atoms with E-state index in [2.05, 4.69) is 19.1 Å². The van der Waals surface area contributed by atoms with E-state index in [4.69, 9.17) is 4.74 Å². The van der Waals surface area contributed by atoms with Crippen molar-refractivity contribution in [2.45, 2.75) is 10.6 Å². The molecule has 0 bridgehead atoms. The summed E-state index contributed by atoms with van der Waals surface area (Å²) in [6, 6.07) is 8.75. The fourth-order valence-electron chi connectivity index (χ4n) is 2.69. The maximum absolute atomic E-state index is 12.7. The Balaban J connectivity index is 1.40. The number of nitrogens with zero attached hydrogens (tertiary/aromatic N) is 4. The Morgan fingerprint density at radius 3 is 2.93 bits per heavy atom. The van der Waals surface area contributed by atoms with Gasteiger partial charge in [0.05, 0.1) is 17.2 Å². The SMILES string of the molecule is O=C1COCCN1CCc1nsc(NS(=O)(=O)c2ccc(-c3ccccn3)s2)n1. The van der Waals surface area contributed by atoms with Crippen LogP contribution in [0.2, 0.25) is 0 Å². The topological polar surface area (TPSA) is 114 Å². The molecule has 1 N–H and O–H groups in total. The number of thiophene rings is 1. The average molecular weight is 452 g/mol. The van der Waals surface area contributed by atoms with Crippen LogP contribution >= 0.6 is 22.9 Å². The van der Waals surface area contributed by atoms with Crippen molar-refractivity contribution in [1.29, 1.82) is 0 Å². The number of carbonyl (C=O) groups excluding carboxylic acids is 1. The first-order valence-corrected chi connectivity index (χ1v) is 11.8. The van der Waals surface area contributed by atoms with Gasteiger partial charge < -0.3 is 9.64 Å². The third-order valence-corrected chi connectivity index (χ3v) is 7.88. The third kappa shape index (κ3) is 4.78. The second kappa shape index (κ2) is 8.53. The molecular formula is C17H17N5O4S3. The maximum atomic E-state index is 12.7. The molecule has 4 heterocycles. The van der Waals surface area contributed by atoms with Gasteiger partial charge in [-0.1, -0.05) is 6.07 Å². The standard InChI is InChI=1S/C17H17N5O4S3/c23-15-11-26-10-9-22(15)8-6-14-19-17(28-20-14)21-29(24,25)16-5-4-13(27-16)12-3-1-2-7-18-12/h1-5,7H,6,8-11H2,(H,19,20,21). The molecule has 29 heavy (non-hydrogen) atoms. The van der Waals surface area contributed by atoms with Gasteiger partial charge in [-0.15, -0.1) is 11.3 Å². The zero-order valence-corrected chi connectivity index (χ0v) is 17.6. The summed E-state index contributed by atoms with van der Waals surface area (Å²) in [4.78, 5) is 22.7. The second-order valence-electron chi connectivity index (χ2n) is 6.14. The van der Waals surface area contributed by atoms with Gasteiger partial charge in [-0.05, 0) is 24.3 Å². The van der Waals surface area contributed by atoms with E-state index in [0.717, 1.165) is 33.4 Å². The molecule has 0 aliphatic carbocycles. The maximum Gasteiger partial charge on any atom is 0.273 e. The quantitative estimate of drug-likeness (QED) is 0.583. The minimum Gasteiger partial charge on any atom is -0.370 e. The summed E-state index contributed by atoms with van der Waals surface area (Å²) in [6.45, 7) is 1.63. The second-order valence-corrected chi connectivity index (χ2v) is 9.88. The molecule has 0 radical (unpaired) electrons. The number of ether oxygens (including phenoxy) is 1. The molecule has 0 saturated carbocycles. The Bertz CT molecular complexity index is 1100. The highest BCUT2D eigenvalue weighted by Gasteiger charge is 2.21. The molecule has 1 saturated heterocycles. The molecule has 12 heteroatoms. The Hall–Kier alpha value is -2.41. The lowest BCUT2D eigenvalue weighted by atomic mass is 10.3. The Kier molecular flexibility index (Phi) is 5.85. The molecule has 4 rings (SSSR count). The van der Waals surface area contributed by atoms with Crippen LogP contribution in [0.15, 0.2) is 40.7 Å². The molecule has 0 aromatic carbocycles. The summed E-state index contributed by atoms with van der Waals surface area (Å²) in [5.74, 6) is 0.432. The van der Waals surface area contributed by atoms with Gasteiger partial charge in [0.25, 0.3) is 10.0 Å². The zero-order valence-electron chi connectivity index (χ0n) is 15.1. The molecule has 0 spiro atoms. The molecular weight excluding hydrogens is 434 g/mol. The number of sulfonamides is 1. The van der Waals surface area contributed by atoms with Gasteiger partial charge in [-0.2, -0.15) is 4.37 Å². The Labute approximate surface area is 175 Å². The van der Waals surface area contributed by atoms with Crippen LogP contribution in [0.3, 0.4) is 0 Å². The van der Waals surface area contributed by atoms with Crippen LogP contribution in [0.5, 0.6) is 0 Å². The third-order valence-electron chi connectivity index (χ3n) is 4.14. The van der Waals surface area contributed by atoms with Crippen LogP contribution in [0.25, 0.3) is 10.6 Å². The summed E-state index contributed by atoms with van der Waals surface area (Å²) in [6.07, 6.45) is 2.11. The van der Waals surface area contributed by atoms with Gasteiger partial charge in [0, 0.05) is 37.2 Å². The van der Waals surface area contributed by atoms with Gasteiger partial charge in [0.2, 0.25) is 11.0 Å². The monoisotopic (exact) mass is 451 g/mol. The summed E-state index contributed by atoms with van der Waals surface area (Å²) in [7, 11) is -3.76. The van der Waals surface area contributed by atoms with Crippen molar-refractivity contribution >= 4 is 43.9 Å². The van der Waals surface area contributed by atoms with Crippen LogP contribution in [0, 0.1) is 0 Å². The van der Waals surface area contributed by atoms with Crippen molar-refractivity contribution in [3.63, 3.8) is 0 Å². The van der Waals surface area contributed by atoms with Crippen molar-refractivity contribution in [2.75, 3.05) is 31.0 Å². The number of pyridine rings is 1. The fraction of sp³-hybridized carbons (Fsp3) is 0.294. The molecule has 0 atom stereocenters. The van der Waals surface area contributed by atoms with E-state index >= 15 is 0 Å². The van der Waals surface area contributed by atoms with E-state index < -0.39 is 10.0 Å². The number of nitrogens with one attached hydrogen (secondary N) is 1. The van der Waals surface area contributed by atoms with Crippen LogP contribution in [0.4, 0.5) is 5.13 Å². The molecule has 1 aliphatic rings. The van der Waals surface area contributed by atoms with E-state index in [1.54, 1.807) is 29.3 Å². The largest absolute Gasteiger partial charge is 0.370 e. The summed E-state index contributed by atoms with van der Waals surface area (Å²) in [5, 5.41) is 0.195. The average Bonchev–Trinajstić information content (AvgIpc) is 3.38. The number of morpholine rings is 1. The van der Waals surface area contributed by atoms with E-state index in [0.29, 0.717) is 31.9 Å². The van der Waals surface area contributed by atoms with Gasteiger partial charge >= 0.3 is 0 Å². The minimum atomic E-state index is -3.76. The van der Waals surface area contributed by atoms with Crippen LogP contribution < -0.4 is 4.72 Å². The molecule has 0 unspecified atom stereocenters. The number of hydrogen-bond acceptors (Lipinski definition) is 9. The van der Waals surface area contributed by atoms with E-state index in [1.165, 1.54) is 0 Å². The summed E-state index contributed by atoms with van der Waals surface area (Å²) < 4.78 is 37.2.